The van der Waals surface area contributed by atoms with Crippen LogP contribution in [-0.2, 0) is 4.79 Å². The highest BCUT2D eigenvalue weighted by Crippen LogP contribution is 2.27. The molecule has 2 heterocycles. The van der Waals surface area contributed by atoms with Gasteiger partial charge in [-0.2, -0.15) is 0 Å². The second kappa shape index (κ2) is 6.32. The van der Waals surface area contributed by atoms with Gasteiger partial charge in [0.05, 0.1) is 5.52 Å². The summed E-state index contributed by atoms with van der Waals surface area (Å²) in [5, 5.41) is 4.68. The quantitative estimate of drug-likeness (QED) is 0.671. The summed E-state index contributed by atoms with van der Waals surface area (Å²) in [6.45, 7) is 0. The second-order valence-electron chi connectivity index (χ2n) is 6.37. The van der Waals surface area contributed by atoms with Crippen LogP contribution >= 0.6 is 12.2 Å². The van der Waals surface area contributed by atoms with Crippen LogP contribution < -0.4 is 5.32 Å². The Kier molecular flexibility index (Phi) is 4.02. The van der Waals surface area contributed by atoms with Crippen LogP contribution in [0.25, 0.3) is 17.0 Å². The number of carbonyl (C=O) groups excluding carboxylic acids is 1. The number of fused-ring (bicyclic) bond motifs is 1. The number of rotatable bonds is 2. The van der Waals surface area contributed by atoms with Crippen molar-refractivity contribution in [3.63, 3.8) is 0 Å². The molecule has 1 aliphatic carbocycles. The van der Waals surface area contributed by atoms with Gasteiger partial charge in [-0.3, -0.25) is 14.7 Å². The van der Waals surface area contributed by atoms with Crippen LogP contribution in [-0.4, -0.2) is 26.9 Å². The minimum absolute atomic E-state index is 0.00667. The fourth-order valence-corrected chi connectivity index (χ4v) is 3.96. The van der Waals surface area contributed by atoms with E-state index in [0.29, 0.717) is 10.8 Å². The molecule has 1 saturated carbocycles. The van der Waals surface area contributed by atoms with Crippen molar-refractivity contribution in [2.24, 2.45) is 0 Å². The van der Waals surface area contributed by atoms with Crippen LogP contribution in [0.1, 0.15) is 37.7 Å². The van der Waals surface area contributed by atoms with Crippen molar-refractivity contribution in [3.05, 3.63) is 47.8 Å². The first-order valence-electron chi connectivity index (χ1n) is 8.44. The predicted octanol–water partition coefficient (Wildman–Crippen LogP) is 3.63. The molecule has 1 N–H and O–H groups in total. The maximum absolute atomic E-state index is 12.8. The third-order valence-electron chi connectivity index (χ3n) is 4.83. The summed E-state index contributed by atoms with van der Waals surface area (Å²) >= 11 is 5.43. The van der Waals surface area contributed by atoms with Gasteiger partial charge >= 0.3 is 0 Å². The maximum Gasteiger partial charge on any atom is 0.276 e. The summed E-state index contributed by atoms with van der Waals surface area (Å²) in [5.41, 5.74) is 2.45. The summed E-state index contributed by atoms with van der Waals surface area (Å²) in [6.07, 6.45) is 9.34. The van der Waals surface area contributed by atoms with Crippen LogP contribution in [0.4, 0.5) is 0 Å². The molecule has 2 fully saturated rings. The summed E-state index contributed by atoms with van der Waals surface area (Å²) in [5.74, 6) is -0.00667. The van der Waals surface area contributed by atoms with E-state index in [1.807, 2.05) is 36.4 Å². The Morgan fingerprint density at radius 2 is 1.96 bits per heavy atom. The van der Waals surface area contributed by atoms with Crippen LogP contribution in [0.5, 0.6) is 0 Å². The second-order valence-corrected chi connectivity index (χ2v) is 6.76. The highest BCUT2D eigenvalue weighted by molar-refractivity contribution is 7.80. The molecule has 24 heavy (non-hydrogen) atoms. The van der Waals surface area contributed by atoms with Crippen LogP contribution in [0.15, 0.2) is 42.2 Å². The number of hydrogen-bond acceptors (Lipinski definition) is 3. The zero-order valence-corrected chi connectivity index (χ0v) is 14.2. The minimum atomic E-state index is -0.00667. The number of nitrogens with one attached hydrogen (secondary N) is 1. The molecule has 1 aromatic carbocycles. The monoisotopic (exact) mass is 337 g/mol. The minimum Gasteiger partial charge on any atom is -0.328 e. The number of amides is 1. The first kappa shape index (κ1) is 15.3. The van der Waals surface area contributed by atoms with Gasteiger partial charge in [0.2, 0.25) is 0 Å². The molecule has 0 atom stereocenters. The van der Waals surface area contributed by atoms with Gasteiger partial charge < -0.3 is 5.32 Å². The molecule has 1 aliphatic heterocycles. The topological polar surface area (TPSA) is 45.2 Å². The Morgan fingerprint density at radius 3 is 2.79 bits per heavy atom. The summed E-state index contributed by atoms with van der Waals surface area (Å²) in [6, 6.07) is 10.1. The van der Waals surface area contributed by atoms with Crippen molar-refractivity contribution < 1.29 is 4.79 Å². The van der Waals surface area contributed by atoms with Gasteiger partial charge in [0.15, 0.2) is 5.11 Å². The normalized spacial score (nSPS) is 20.8. The van der Waals surface area contributed by atoms with Crippen molar-refractivity contribution >= 4 is 40.2 Å². The molecular formula is C19H19N3OS. The van der Waals surface area contributed by atoms with Crippen molar-refractivity contribution in [3.8, 4) is 0 Å². The van der Waals surface area contributed by atoms with Gasteiger partial charge in [0.1, 0.15) is 5.70 Å². The first-order valence-corrected chi connectivity index (χ1v) is 8.85. The summed E-state index contributed by atoms with van der Waals surface area (Å²) in [7, 11) is 0. The fourth-order valence-electron chi connectivity index (χ4n) is 3.62. The molecule has 1 aromatic heterocycles. The molecule has 0 radical (unpaired) electrons. The lowest BCUT2D eigenvalue weighted by Gasteiger charge is -2.29. The SMILES string of the molecule is O=C1/C(=C\c2ccnc3ccccc23)NC(=S)N1C1CCCCC1. The van der Waals surface area contributed by atoms with Gasteiger partial charge in [-0.1, -0.05) is 37.5 Å². The van der Waals surface area contributed by atoms with E-state index in [1.165, 1.54) is 19.3 Å². The molecule has 2 aliphatic rings. The Balaban J connectivity index is 1.67. The van der Waals surface area contributed by atoms with Gasteiger partial charge in [-0.05, 0) is 48.8 Å². The molecule has 4 nitrogen and oxygen atoms in total. The number of thiocarbonyl (C=S) groups is 1. The zero-order chi connectivity index (χ0) is 16.5. The Morgan fingerprint density at radius 1 is 1.17 bits per heavy atom. The van der Waals surface area contributed by atoms with Crippen molar-refractivity contribution in [2.75, 3.05) is 0 Å². The third kappa shape index (κ3) is 2.69. The number of para-hydroxylation sites is 1. The molecule has 122 valence electrons. The van der Waals surface area contributed by atoms with E-state index in [1.54, 1.807) is 11.1 Å². The number of carbonyl (C=O) groups is 1. The average molecular weight is 337 g/mol. The zero-order valence-electron chi connectivity index (χ0n) is 13.4. The fraction of sp³-hybridized carbons (Fsp3) is 0.316. The number of pyridine rings is 1. The lowest BCUT2D eigenvalue weighted by molar-refractivity contribution is -0.124. The molecule has 2 aromatic rings. The first-order chi connectivity index (χ1) is 11.7. The third-order valence-corrected chi connectivity index (χ3v) is 5.13. The number of aromatic nitrogens is 1. The highest BCUT2D eigenvalue weighted by atomic mass is 32.1. The Labute approximate surface area is 146 Å². The maximum atomic E-state index is 12.8. The van der Waals surface area contributed by atoms with Crippen molar-refractivity contribution in [1.82, 2.24) is 15.2 Å². The Bertz CT molecular complexity index is 834. The average Bonchev–Trinajstić information content (AvgIpc) is 2.90. The van der Waals surface area contributed by atoms with E-state index in [0.717, 1.165) is 29.3 Å². The molecule has 5 heteroatoms. The van der Waals surface area contributed by atoms with E-state index >= 15 is 0 Å². The van der Waals surface area contributed by atoms with Crippen LogP contribution in [0, 0.1) is 0 Å². The molecular weight excluding hydrogens is 318 g/mol. The highest BCUT2D eigenvalue weighted by Gasteiger charge is 2.36. The lowest BCUT2D eigenvalue weighted by Crippen LogP contribution is -2.41. The molecule has 0 bridgehead atoms. The van der Waals surface area contributed by atoms with E-state index in [-0.39, 0.29) is 11.9 Å². The molecule has 4 rings (SSSR count). The molecule has 0 unspecified atom stereocenters. The van der Waals surface area contributed by atoms with E-state index in [2.05, 4.69) is 10.3 Å². The van der Waals surface area contributed by atoms with Gasteiger partial charge in [-0.15, -0.1) is 0 Å². The lowest BCUT2D eigenvalue weighted by atomic mass is 9.94. The Hall–Kier alpha value is -2.27. The van der Waals surface area contributed by atoms with Crippen molar-refractivity contribution in [1.29, 1.82) is 0 Å². The summed E-state index contributed by atoms with van der Waals surface area (Å²) < 4.78 is 0. The molecule has 1 saturated heterocycles. The number of benzene rings is 1. The standard InChI is InChI=1S/C19H19N3OS/c23-18-17(21-19(24)22(18)14-6-2-1-3-7-14)12-13-10-11-20-16-9-5-4-8-15(13)16/h4-5,8-12,14H,1-3,6-7H2,(H,21,24)/b17-12+. The van der Waals surface area contributed by atoms with Crippen LogP contribution in [0.3, 0.4) is 0 Å². The number of nitrogens with zero attached hydrogens (tertiary/aromatic N) is 2. The van der Waals surface area contributed by atoms with Crippen molar-refractivity contribution in [2.45, 2.75) is 38.1 Å². The smallest absolute Gasteiger partial charge is 0.276 e. The van der Waals surface area contributed by atoms with Gasteiger partial charge in [0, 0.05) is 17.6 Å². The molecule has 0 spiro atoms. The van der Waals surface area contributed by atoms with E-state index < -0.39 is 0 Å². The number of hydrogen-bond donors (Lipinski definition) is 1. The van der Waals surface area contributed by atoms with Gasteiger partial charge in [-0.25, -0.2) is 0 Å². The van der Waals surface area contributed by atoms with E-state index in [9.17, 15) is 4.79 Å². The van der Waals surface area contributed by atoms with Gasteiger partial charge in [0.25, 0.3) is 5.91 Å². The largest absolute Gasteiger partial charge is 0.328 e. The summed E-state index contributed by atoms with van der Waals surface area (Å²) in [4.78, 5) is 19.0. The van der Waals surface area contributed by atoms with Crippen LogP contribution in [0.2, 0.25) is 0 Å². The van der Waals surface area contributed by atoms with E-state index in [4.69, 9.17) is 12.2 Å². The molecule has 1 amide bonds. The predicted molar refractivity (Wildman–Crippen MR) is 99.2 cm³/mol.